The van der Waals surface area contributed by atoms with Crippen LogP contribution in [0.3, 0.4) is 0 Å². The molecule has 0 saturated heterocycles. The van der Waals surface area contributed by atoms with Gasteiger partial charge >= 0.3 is 0 Å². The van der Waals surface area contributed by atoms with Gasteiger partial charge in [-0.2, -0.15) is 0 Å². The molecule has 1 aromatic carbocycles. The van der Waals surface area contributed by atoms with E-state index < -0.39 is 4.92 Å². The molecule has 0 fully saturated rings. The predicted molar refractivity (Wildman–Crippen MR) is 106 cm³/mol. The predicted octanol–water partition coefficient (Wildman–Crippen LogP) is 5.38. The minimum atomic E-state index is -0.596. The molecule has 0 unspecified atom stereocenters. The van der Waals surface area contributed by atoms with E-state index in [1.165, 1.54) is 25.1 Å². The lowest BCUT2D eigenvalue weighted by molar-refractivity contribution is -0.385. The molecule has 0 aromatic heterocycles. The first kappa shape index (κ1) is 23.7. The summed E-state index contributed by atoms with van der Waals surface area (Å²) in [4.78, 5) is 32.4. The molecule has 0 saturated carbocycles. The smallest absolute Gasteiger partial charge is 0.280 e. The molecule has 124 valence electrons. The minimum absolute atomic E-state index is 0.0141. The van der Waals surface area contributed by atoms with Crippen molar-refractivity contribution in [3.63, 3.8) is 0 Å². The molecule has 1 aromatic rings. The van der Waals surface area contributed by atoms with Crippen LogP contribution in [0.1, 0.15) is 50.9 Å². The molecule has 0 amide bonds. The van der Waals surface area contributed by atoms with Crippen LogP contribution in [0.2, 0.25) is 0 Å². The normalized spacial score (nSPS) is 9.05. The Morgan fingerprint density at radius 2 is 1.64 bits per heavy atom. The summed E-state index contributed by atoms with van der Waals surface area (Å²) in [5.74, 6) is -0.477. The standard InChI is InChI=1S/C11H11NO4.C2H4I2.C2H6/c1-8(13)6-7-11(14)9-4-2-3-5-10(9)12(15)16;1-2(3)4;1-2/h2-5H,6-7H2,1H3;2H,1H3;1-2H3. The highest BCUT2D eigenvalue weighted by molar-refractivity contribution is 14.2. The van der Waals surface area contributed by atoms with Crippen molar-refractivity contribution in [2.75, 3.05) is 0 Å². The number of nitrogens with zero attached hydrogens (tertiary/aromatic N) is 1. The number of hydrogen-bond acceptors (Lipinski definition) is 4. The van der Waals surface area contributed by atoms with Gasteiger partial charge in [-0.05, 0) is 19.9 Å². The molecule has 0 heterocycles. The van der Waals surface area contributed by atoms with Crippen LogP contribution in [0, 0.1) is 10.1 Å². The largest absolute Gasteiger partial charge is 0.300 e. The van der Waals surface area contributed by atoms with Gasteiger partial charge in [0.1, 0.15) is 5.78 Å². The Morgan fingerprint density at radius 3 is 2.05 bits per heavy atom. The fourth-order valence-corrected chi connectivity index (χ4v) is 1.29. The molecule has 0 bridgehead atoms. The number of nitro groups is 1. The van der Waals surface area contributed by atoms with Crippen molar-refractivity contribution in [2.24, 2.45) is 0 Å². The third-order valence-corrected chi connectivity index (χ3v) is 2.11. The number of Topliss-reactive ketones (excluding diaryl/α,β-unsaturated/α-hetero) is 2. The Kier molecular flexibility index (Phi) is 15.1. The number of carbonyl (C=O) groups excluding carboxylic acids is 2. The summed E-state index contributed by atoms with van der Waals surface area (Å²) < 4.78 is 0.773. The molecular formula is C15H21I2NO4. The van der Waals surface area contributed by atoms with E-state index in [0.717, 1.165) is 1.93 Å². The molecule has 7 heteroatoms. The number of benzene rings is 1. The van der Waals surface area contributed by atoms with Gasteiger partial charge in [-0.15, -0.1) is 0 Å². The minimum Gasteiger partial charge on any atom is -0.300 e. The van der Waals surface area contributed by atoms with Gasteiger partial charge in [0.25, 0.3) is 5.69 Å². The molecule has 0 spiro atoms. The second-order valence-electron chi connectivity index (χ2n) is 3.92. The topological polar surface area (TPSA) is 77.3 Å². The van der Waals surface area contributed by atoms with Crippen LogP contribution in [-0.4, -0.2) is 18.4 Å². The molecule has 22 heavy (non-hydrogen) atoms. The van der Waals surface area contributed by atoms with E-state index in [1.54, 1.807) is 6.07 Å². The van der Waals surface area contributed by atoms with Crippen LogP contribution in [-0.2, 0) is 4.79 Å². The first-order chi connectivity index (χ1) is 10.3. The highest BCUT2D eigenvalue weighted by Gasteiger charge is 2.18. The average Bonchev–Trinajstić information content (AvgIpc) is 2.46. The number of nitro benzene ring substituents is 1. The molecule has 0 atom stereocenters. The van der Waals surface area contributed by atoms with Crippen molar-refractivity contribution in [1.29, 1.82) is 0 Å². The van der Waals surface area contributed by atoms with Crippen LogP contribution in [0.15, 0.2) is 24.3 Å². The number of para-hydroxylation sites is 1. The third-order valence-electron chi connectivity index (χ3n) is 2.11. The van der Waals surface area contributed by atoms with Crippen molar-refractivity contribution in [1.82, 2.24) is 0 Å². The van der Waals surface area contributed by atoms with Crippen LogP contribution < -0.4 is 0 Å². The fraction of sp³-hybridized carbons (Fsp3) is 0.467. The summed E-state index contributed by atoms with van der Waals surface area (Å²) in [6.07, 6.45) is 0.130. The summed E-state index contributed by atoms with van der Waals surface area (Å²) in [5, 5.41) is 10.7. The molecular weight excluding hydrogens is 512 g/mol. The maximum atomic E-state index is 11.6. The first-order valence-electron chi connectivity index (χ1n) is 6.80. The summed E-state index contributed by atoms with van der Waals surface area (Å²) in [6, 6.07) is 5.75. The van der Waals surface area contributed by atoms with E-state index in [2.05, 4.69) is 52.1 Å². The van der Waals surface area contributed by atoms with Gasteiger partial charge in [-0.1, -0.05) is 71.2 Å². The number of rotatable bonds is 5. The Bertz CT molecular complexity index is 487. The molecule has 0 radical (unpaired) electrons. The number of carbonyl (C=O) groups is 2. The Balaban J connectivity index is 0. The Hall–Kier alpha value is -0.580. The first-order valence-corrected chi connectivity index (χ1v) is 9.29. The molecule has 0 N–H and O–H groups in total. The van der Waals surface area contributed by atoms with E-state index >= 15 is 0 Å². The average molecular weight is 533 g/mol. The van der Waals surface area contributed by atoms with Crippen molar-refractivity contribution >= 4 is 62.4 Å². The number of hydrogen-bond donors (Lipinski definition) is 0. The van der Waals surface area contributed by atoms with Crippen LogP contribution in [0.5, 0.6) is 0 Å². The highest BCUT2D eigenvalue weighted by Crippen LogP contribution is 2.19. The lowest BCUT2D eigenvalue weighted by Gasteiger charge is -2.00. The van der Waals surface area contributed by atoms with E-state index in [0.29, 0.717) is 0 Å². The van der Waals surface area contributed by atoms with Gasteiger partial charge in [0.2, 0.25) is 0 Å². The van der Waals surface area contributed by atoms with E-state index in [9.17, 15) is 19.7 Å². The van der Waals surface area contributed by atoms with Gasteiger partial charge in [-0.25, -0.2) is 0 Å². The van der Waals surface area contributed by atoms with Crippen LogP contribution in [0.25, 0.3) is 0 Å². The zero-order valence-electron chi connectivity index (χ0n) is 13.1. The van der Waals surface area contributed by atoms with Gasteiger partial charge in [0.15, 0.2) is 5.78 Å². The summed E-state index contributed by atoms with van der Waals surface area (Å²) >= 11 is 4.66. The van der Waals surface area contributed by atoms with Gasteiger partial charge in [0.05, 0.1) is 12.4 Å². The van der Waals surface area contributed by atoms with Crippen molar-refractivity contribution < 1.29 is 14.5 Å². The zero-order valence-corrected chi connectivity index (χ0v) is 17.5. The second-order valence-corrected chi connectivity index (χ2v) is 10.0. The van der Waals surface area contributed by atoms with Gasteiger partial charge in [-0.3, -0.25) is 14.9 Å². The lowest BCUT2D eigenvalue weighted by atomic mass is 10.0. The molecule has 5 nitrogen and oxygen atoms in total. The fourth-order valence-electron chi connectivity index (χ4n) is 1.29. The summed E-state index contributed by atoms with van der Waals surface area (Å²) in [6.45, 7) is 7.52. The monoisotopic (exact) mass is 533 g/mol. The molecule has 0 aliphatic rings. The maximum Gasteiger partial charge on any atom is 0.280 e. The quantitative estimate of drug-likeness (QED) is 0.168. The van der Waals surface area contributed by atoms with Crippen molar-refractivity contribution in [3.05, 3.63) is 39.9 Å². The number of alkyl halides is 2. The van der Waals surface area contributed by atoms with E-state index in [4.69, 9.17) is 0 Å². The van der Waals surface area contributed by atoms with Crippen molar-refractivity contribution in [2.45, 2.75) is 42.5 Å². The number of ketones is 2. The van der Waals surface area contributed by atoms with Crippen LogP contribution in [0.4, 0.5) is 5.69 Å². The SMILES string of the molecule is CC.CC(=O)CCC(=O)c1ccccc1[N+](=O)[O-].CC(I)I. The second kappa shape index (κ2) is 14.0. The zero-order chi connectivity index (χ0) is 17.7. The Labute approximate surface area is 158 Å². The van der Waals surface area contributed by atoms with Gasteiger partial charge < -0.3 is 4.79 Å². The summed E-state index contributed by atoms with van der Waals surface area (Å²) in [5.41, 5.74) is -0.148. The lowest BCUT2D eigenvalue weighted by Crippen LogP contribution is -2.05. The summed E-state index contributed by atoms with van der Waals surface area (Å²) in [7, 11) is 0. The maximum absolute atomic E-state index is 11.6. The van der Waals surface area contributed by atoms with E-state index in [1.807, 2.05) is 13.8 Å². The number of halogens is 2. The van der Waals surface area contributed by atoms with Crippen LogP contribution >= 0.6 is 45.2 Å². The molecule has 0 aliphatic carbocycles. The highest BCUT2D eigenvalue weighted by atomic mass is 127. The Morgan fingerprint density at radius 1 is 1.18 bits per heavy atom. The van der Waals surface area contributed by atoms with Crippen molar-refractivity contribution in [3.8, 4) is 0 Å². The molecule has 0 aliphatic heterocycles. The third kappa shape index (κ3) is 12.0. The van der Waals surface area contributed by atoms with E-state index in [-0.39, 0.29) is 35.7 Å². The molecule has 1 rings (SSSR count). The van der Waals surface area contributed by atoms with Gasteiger partial charge in [0, 0.05) is 18.9 Å².